The topological polar surface area (TPSA) is 84.0 Å². The fourth-order valence-electron chi connectivity index (χ4n) is 3.78. The monoisotopic (exact) mass is 388 g/mol. The van der Waals surface area contributed by atoms with Crippen LogP contribution in [-0.2, 0) is 0 Å². The average molecular weight is 388 g/mol. The van der Waals surface area contributed by atoms with Gasteiger partial charge < -0.3 is 10.6 Å². The molecule has 148 valence electrons. The summed E-state index contributed by atoms with van der Waals surface area (Å²) in [6.45, 7) is 0. The van der Waals surface area contributed by atoms with Crippen LogP contribution >= 0.6 is 0 Å². The Morgan fingerprint density at radius 2 is 1.66 bits per heavy atom. The first-order valence-electron chi connectivity index (χ1n) is 10.1. The number of para-hydroxylation sites is 1. The molecule has 6 heteroatoms. The molecule has 0 aliphatic heterocycles. The molecule has 0 unspecified atom stereocenters. The Bertz CT molecular complexity index is 1020. The molecule has 2 aromatic heterocycles. The van der Waals surface area contributed by atoms with Crippen molar-refractivity contribution in [2.75, 3.05) is 5.32 Å². The summed E-state index contributed by atoms with van der Waals surface area (Å²) in [7, 11) is 0. The number of carbonyl (C=O) groups excluding carboxylic acids is 2. The molecule has 0 atom stereocenters. The van der Waals surface area contributed by atoms with Gasteiger partial charge in [-0.1, -0.05) is 43.9 Å². The molecule has 1 fully saturated rings. The highest BCUT2D eigenvalue weighted by atomic mass is 16.2. The minimum absolute atomic E-state index is 0.186. The van der Waals surface area contributed by atoms with Gasteiger partial charge in [-0.05, 0) is 37.1 Å². The molecule has 1 saturated carbocycles. The maximum absolute atomic E-state index is 12.8. The molecular formula is C23H24N4O2. The van der Waals surface area contributed by atoms with Crippen LogP contribution in [0.15, 0.2) is 54.9 Å². The highest BCUT2D eigenvalue weighted by Gasteiger charge is 2.18. The van der Waals surface area contributed by atoms with Crippen molar-refractivity contribution < 1.29 is 9.59 Å². The van der Waals surface area contributed by atoms with Crippen molar-refractivity contribution in [1.82, 2.24) is 15.3 Å². The number of hydrogen-bond acceptors (Lipinski definition) is 4. The Hall–Kier alpha value is -3.28. The van der Waals surface area contributed by atoms with Crippen LogP contribution in [0.4, 0.5) is 5.69 Å². The smallest absolute Gasteiger partial charge is 0.270 e. The molecule has 1 aliphatic rings. The first-order chi connectivity index (χ1) is 14.2. The lowest BCUT2D eigenvalue weighted by Gasteiger charge is -2.16. The molecule has 0 saturated heterocycles. The van der Waals surface area contributed by atoms with Crippen molar-refractivity contribution in [2.24, 2.45) is 0 Å². The highest BCUT2D eigenvalue weighted by molar-refractivity contribution is 6.09. The third-order valence-electron chi connectivity index (χ3n) is 5.33. The normalized spacial score (nSPS) is 14.9. The van der Waals surface area contributed by atoms with Crippen LogP contribution < -0.4 is 10.6 Å². The van der Waals surface area contributed by atoms with Crippen molar-refractivity contribution in [1.29, 1.82) is 0 Å². The van der Waals surface area contributed by atoms with E-state index in [4.69, 9.17) is 0 Å². The van der Waals surface area contributed by atoms with Crippen LogP contribution in [0.25, 0.3) is 10.9 Å². The van der Waals surface area contributed by atoms with Gasteiger partial charge in [-0.3, -0.25) is 19.6 Å². The minimum Gasteiger partial charge on any atom is -0.348 e. The van der Waals surface area contributed by atoms with E-state index in [2.05, 4.69) is 20.6 Å². The number of benzene rings is 1. The van der Waals surface area contributed by atoms with Gasteiger partial charge in [0.25, 0.3) is 11.8 Å². The maximum Gasteiger partial charge on any atom is 0.270 e. The number of rotatable bonds is 4. The van der Waals surface area contributed by atoms with E-state index in [0.29, 0.717) is 11.3 Å². The van der Waals surface area contributed by atoms with E-state index < -0.39 is 0 Å². The minimum atomic E-state index is -0.297. The number of nitrogens with zero attached hydrogens (tertiary/aromatic N) is 2. The molecule has 29 heavy (non-hydrogen) atoms. The number of anilines is 1. The Morgan fingerprint density at radius 1 is 0.862 bits per heavy atom. The molecule has 0 spiro atoms. The Kier molecular flexibility index (Phi) is 5.79. The number of fused-ring (bicyclic) bond motifs is 1. The van der Waals surface area contributed by atoms with E-state index in [1.54, 1.807) is 18.3 Å². The predicted molar refractivity (Wildman–Crippen MR) is 113 cm³/mol. The second-order valence-corrected chi connectivity index (χ2v) is 7.43. The fraction of sp³-hybridized carbons (Fsp3) is 0.304. The van der Waals surface area contributed by atoms with Crippen molar-refractivity contribution in [3.05, 3.63) is 66.1 Å². The molecule has 2 N–H and O–H groups in total. The maximum atomic E-state index is 12.8. The van der Waals surface area contributed by atoms with E-state index >= 15 is 0 Å². The first kappa shape index (κ1) is 19.1. The Morgan fingerprint density at radius 3 is 2.48 bits per heavy atom. The van der Waals surface area contributed by atoms with Gasteiger partial charge in [-0.25, -0.2) is 0 Å². The Balaban J connectivity index is 1.49. The van der Waals surface area contributed by atoms with Gasteiger partial charge in [-0.15, -0.1) is 0 Å². The first-order valence-corrected chi connectivity index (χ1v) is 10.1. The second kappa shape index (κ2) is 8.82. The summed E-state index contributed by atoms with van der Waals surface area (Å²) in [6, 6.07) is 12.8. The lowest BCUT2D eigenvalue weighted by atomic mass is 10.1. The number of amides is 2. The van der Waals surface area contributed by atoms with E-state index in [-0.39, 0.29) is 23.6 Å². The molecule has 3 aromatic rings. The summed E-state index contributed by atoms with van der Waals surface area (Å²) in [5, 5.41) is 6.92. The number of hydrogen-bond donors (Lipinski definition) is 2. The highest BCUT2D eigenvalue weighted by Crippen LogP contribution is 2.21. The van der Waals surface area contributed by atoms with Crippen LogP contribution in [0, 0.1) is 0 Å². The van der Waals surface area contributed by atoms with E-state index in [1.165, 1.54) is 19.0 Å². The van der Waals surface area contributed by atoms with Crippen LogP contribution in [0.5, 0.6) is 0 Å². The zero-order chi connectivity index (χ0) is 20.1. The van der Waals surface area contributed by atoms with E-state index in [0.717, 1.165) is 36.6 Å². The summed E-state index contributed by atoms with van der Waals surface area (Å²) in [5.41, 5.74) is 2.01. The number of nitrogens with one attached hydrogen (secondary N) is 2. The molecule has 6 nitrogen and oxygen atoms in total. The molecule has 1 aliphatic carbocycles. The molecular weight excluding hydrogens is 364 g/mol. The third kappa shape index (κ3) is 4.59. The van der Waals surface area contributed by atoms with Crippen molar-refractivity contribution in [3.8, 4) is 0 Å². The fourth-order valence-corrected chi connectivity index (χ4v) is 3.78. The van der Waals surface area contributed by atoms with Gasteiger partial charge in [0, 0.05) is 29.4 Å². The quantitative estimate of drug-likeness (QED) is 0.652. The van der Waals surface area contributed by atoms with E-state index in [9.17, 15) is 9.59 Å². The lowest BCUT2D eigenvalue weighted by Crippen LogP contribution is -2.35. The zero-order valence-electron chi connectivity index (χ0n) is 16.2. The number of carbonyl (C=O) groups is 2. The van der Waals surface area contributed by atoms with Crippen molar-refractivity contribution >= 4 is 28.4 Å². The summed E-state index contributed by atoms with van der Waals surface area (Å²) < 4.78 is 0. The molecule has 2 amide bonds. The van der Waals surface area contributed by atoms with Crippen LogP contribution in [0.1, 0.15) is 59.4 Å². The zero-order valence-corrected chi connectivity index (χ0v) is 16.2. The van der Waals surface area contributed by atoms with Gasteiger partial charge in [0.15, 0.2) is 0 Å². The Labute approximate surface area is 169 Å². The summed E-state index contributed by atoms with van der Waals surface area (Å²) in [6.07, 6.45) is 9.92. The summed E-state index contributed by atoms with van der Waals surface area (Å²) in [5.74, 6) is -0.521. The summed E-state index contributed by atoms with van der Waals surface area (Å²) in [4.78, 5) is 33.9. The standard InChI is InChI=1S/C23H24N4O2/c28-22(27-19-11-5-7-16-8-6-13-25-21(16)19)17-12-14-24-20(15-17)23(29)26-18-9-3-1-2-4-10-18/h5-8,11-15,18H,1-4,9-10H2,(H,26,29)(H,27,28). The number of pyridine rings is 2. The lowest BCUT2D eigenvalue weighted by molar-refractivity contribution is 0.0928. The van der Waals surface area contributed by atoms with Crippen LogP contribution in [-0.4, -0.2) is 27.8 Å². The van der Waals surface area contributed by atoms with Crippen LogP contribution in [0.3, 0.4) is 0 Å². The van der Waals surface area contributed by atoms with Crippen molar-refractivity contribution in [2.45, 2.75) is 44.6 Å². The SMILES string of the molecule is O=C(Nc1cccc2cccnc12)c1ccnc(C(=O)NC2CCCCCC2)c1. The molecule has 4 rings (SSSR count). The largest absolute Gasteiger partial charge is 0.348 e. The van der Waals surface area contributed by atoms with Crippen LogP contribution in [0.2, 0.25) is 0 Å². The molecule has 1 aromatic carbocycles. The predicted octanol–water partition coefficient (Wildman–Crippen LogP) is 4.33. The van der Waals surface area contributed by atoms with Gasteiger partial charge in [0.05, 0.1) is 11.2 Å². The van der Waals surface area contributed by atoms with E-state index in [1.807, 2.05) is 30.3 Å². The van der Waals surface area contributed by atoms with Gasteiger partial charge in [-0.2, -0.15) is 0 Å². The summed E-state index contributed by atoms with van der Waals surface area (Å²) >= 11 is 0. The van der Waals surface area contributed by atoms with Gasteiger partial charge >= 0.3 is 0 Å². The molecule has 0 bridgehead atoms. The second-order valence-electron chi connectivity index (χ2n) is 7.43. The molecule has 0 radical (unpaired) electrons. The molecule has 2 heterocycles. The van der Waals surface area contributed by atoms with Gasteiger partial charge in [0.1, 0.15) is 5.69 Å². The average Bonchev–Trinajstić information content (AvgIpc) is 3.03. The van der Waals surface area contributed by atoms with Crippen molar-refractivity contribution in [3.63, 3.8) is 0 Å². The number of aromatic nitrogens is 2. The van der Waals surface area contributed by atoms with Gasteiger partial charge in [0.2, 0.25) is 0 Å². The third-order valence-corrected chi connectivity index (χ3v) is 5.33.